The summed E-state index contributed by atoms with van der Waals surface area (Å²) in [5.41, 5.74) is 0.958. The van der Waals surface area contributed by atoms with Crippen LogP contribution >= 0.6 is 23.2 Å². The number of rotatable bonds is 6. The van der Waals surface area contributed by atoms with Crippen LogP contribution in [-0.2, 0) is 16.1 Å². The number of benzene rings is 3. The van der Waals surface area contributed by atoms with Crippen molar-refractivity contribution in [3.05, 3.63) is 93.0 Å². The van der Waals surface area contributed by atoms with Crippen LogP contribution in [0.15, 0.2) is 66.2 Å². The molecule has 7 nitrogen and oxygen atoms in total. The number of aliphatic hydroxyl groups is 1. The number of aliphatic hydroxyl groups excluding tert-OH is 1. The minimum Gasteiger partial charge on any atom is -0.508 e. The number of carbonyl (C=O) groups is 2. The van der Waals surface area contributed by atoms with Crippen LogP contribution in [-0.4, -0.2) is 39.5 Å². The molecule has 1 aliphatic heterocycles. The third-order valence-electron chi connectivity index (χ3n) is 5.92. The number of carbonyl (C=O) groups excluding carboxylic acids is 2. The Morgan fingerprint density at radius 1 is 0.974 bits per heavy atom. The Morgan fingerprint density at radius 2 is 1.55 bits per heavy atom. The van der Waals surface area contributed by atoms with Gasteiger partial charge in [0.2, 0.25) is 0 Å². The summed E-state index contributed by atoms with van der Waals surface area (Å²) < 4.78 is 11.0. The second-order valence-electron chi connectivity index (χ2n) is 9.85. The molecule has 38 heavy (non-hydrogen) atoms. The summed E-state index contributed by atoms with van der Waals surface area (Å²) in [6, 6.07) is 15.2. The Kier molecular flexibility index (Phi) is 7.63. The van der Waals surface area contributed by atoms with Crippen molar-refractivity contribution in [3.8, 4) is 17.2 Å². The molecule has 0 bridgehead atoms. The van der Waals surface area contributed by atoms with E-state index in [1.54, 1.807) is 24.3 Å². The van der Waals surface area contributed by atoms with E-state index in [-0.39, 0.29) is 44.8 Å². The van der Waals surface area contributed by atoms with E-state index in [0.717, 1.165) is 5.56 Å². The Balaban J connectivity index is 1.79. The highest BCUT2D eigenvalue weighted by Gasteiger charge is 2.46. The number of halogens is 2. The Hall–Kier alpha value is -3.68. The van der Waals surface area contributed by atoms with Crippen molar-refractivity contribution in [1.82, 2.24) is 4.90 Å². The molecule has 4 rings (SSSR count). The molecule has 1 heterocycles. The standard InChI is InChI=1S/C29H27Cl2NO6/c1-29(2,3)38-20-11-5-16(6-12-20)15-32-24(17-7-9-19(33)10-8-17)23(26(35)28(32)36)25(34)18-13-21(30)27(37-4)22(31)14-18/h5-14,24,33-34H,15H2,1-4H3/b25-23+. The van der Waals surface area contributed by atoms with Gasteiger partial charge in [0.05, 0.1) is 28.8 Å². The summed E-state index contributed by atoms with van der Waals surface area (Å²) in [6.07, 6.45) is 0. The molecule has 1 aliphatic rings. The summed E-state index contributed by atoms with van der Waals surface area (Å²) in [5, 5.41) is 21.4. The van der Waals surface area contributed by atoms with Crippen LogP contribution < -0.4 is 9.47 Å². The highest BCUT2D eigenvalue weighted by molar-refractivity contribution is 6.46. The smallest absolute Gasteiger partial charge is 0.295 e. The molecule has 0 radical (unpaired) electrons. The molecule has 1 saturated heterocycles. The molecule has 3 aromatic carbocycles. The van der Waals surface area contributed by atoms with Crippen molar-refractivity contribution in [2.24, 2.45) is 0 Å². The first kappa shape index (κ1) is 27.4. The van der Waals surface area contributed by atoms with Gasteiger partial charge in [-0.1, -0.05) is 47.5 Å². The van der Waals surface area contributed by atoms with Gasteiger partial charge in [-0.05, 0) is 68.3 Å². The van der Waals surface area contributed by atoms with E-state index < -0.39 is 23.5 Å². The molecule has 0 aliphatic carbocycles. The summed E-state index contributed by atoms with van der Waals surface area (Å²) >= 11 is 12.5. The molecule has 1 amide bonds. The maximum atomic E-state index is 13.3. The van der Waals surface area contributed by atoms with E-state index in [4.69, 9.17) is 32.7 Å². The van der Waals surface area contributed by atoms with Crippen LogP contribution in [0, 0.1) is 0 Å². The molecule has 1 unspecified atom stereocenters. The number of ketones is 1. The van der Waals surface area contributed by atoms with E-state index in [1.807, 2.05) is 32.9 Å². The molecule has 0 spiro atoms. The minimum atomic E-state index is -0.930. The predicted molar refractivity (Wildman–Crippen MR) is 146 cm³/mol. The zero-order valence-corrected chi connectivity index (χ0v) is 22.8. The van der Waals surface area contributed by atoms with Crippen molar-refractivity contribution < 1.29 is 29.3 Å². The van der Waals surface area contributed by atoms with Crippen LogP contribution in [0.3, 0.4) is 0 Å². The van der Waals surface area contributed by atoms with Gasteiger partial charge >= 0.3 is 0 Å². The Bertz CT molecular complexity index is 1390. The second-order valence-corrected chi connectivity index (χ2v) is 10.7. The zero-order chi connectivity index (χ0) is 27.8. The van der Waals surface area contributed by atoms with Crippen LogP contribution in [0.1, 0.15) is 43.5 Å². The Labute approximate surface area is 230 Å². The zero-order valence-electron chi connectivity index (χ0n) is 21.3. The van der Waals surface area contributed by atoms with Gasteiger partial charge < -0.3 is 24.6 Å². The summed E-state index contributed by atoms with van der Waals surface area (Å²) in [6.45, 7) is 5.93. The number of ether oxygens (including phenoxy) is 2. The number of hydrogen-bond acceptors (Lipinski definition) is 6. The first-order valence-electron chi connectivity index (χ1n) is 11.8. The van der Waals surface area contributed by atoms with Crippen LogP contribution in [0.25, 0.3) is 5.76 Å². The lowest BCUT2D eigenvalue weighted by atomic mass is 9.95. The van der Waals surface area contributed by atoms with Gasteiger partial charge in [0.25, 0.3) is 11.7 Å². The number of methoxy groups -OCH3 is 1. The van der Waals surface area contributed by atoms with Crippen LogP contribution in [0.4, 0.5) is 0 Å². The van der Waals surface area contributed by atoms with Gasteiger partial charge in [0.15, 0.2) is 5.75 Å². The number of phenolic OH excluding ortho intramolecular Hbond substituents is 1. The molecular formula is C29H27Cl2NO6. The second kappa shape index (κ2) is 10.6. The first-order valence-corrected chi connectivity index (χ1v) is 12.5. The lowest BCUT2D eigenvalue weighted by Crippen LogP contribution is -2.29. The average Bonchev–Trinajstić information content (AvgIpc) is 3.09. The SMILES string of the molecule is COc1c(Cl)cc(/C(O)=C2\C(=O)C(=O)N(Cc3ccc(OC(C)(C)C)cc3)C2c2ccc(O)cc2)cc1Cl. The topological polar surface area (TPSA) is 96.3 Å². The quantitative estimate of drug-likeness (QED) is 0.204. The number of Topliss-reactive ketones (excluding diaryl/α,β-unsaturated/α-hetero) is 1. The number of hydrogen-bond donors (Lipinski definition) is 2. The lowest BCUT2D eigenvalue weighted by molar-refractivity contribution is -0.140. The van der Waals surface area contributed by atoms with Crippen molar-refractivity contribution in [1.29, 1.82) is 0 Å². The molecule has 1 atom stereocenters. The highest BCUT2D eigenvalue weighted by Crippen LogP contribution is 2.42. The van der Waals surface area contributed by atoms with Gasteiger partial charge in [-0.15, -0.1) is 0 Å². The van der Waals surface area contributed by atoms with Crippen molar-refractivity contribution >= 4 is 40.7 Å². The normalized spacial score (nSPS) is 17.1. The van der Waals surface area contributed by atoms with Crippen LogP contribution in [0.5, 0.6) is 17.2 Å². The third kappa shape index (κ3) is 5.59. The van der Waals surface area contributed by atoms with E-state index in [2.05, 4.69) is 0 Å². The summed E-state index contributed by atoms with van der Waals surface area (Å²) in [7, 11) is 1.41. The molecule has 9 heteroatoms. The summed E-state index contributed by atoms with van der Waals surface area (Å²) in [4.78, 5) is 28.0. The molecule has 198 valence electrons. The Morgan fingerprint density at radius 3 is 2.08 bits per heavy atom. The number of phenols is 1. The van der Waals surface area contributed by atoms with E-state index in [1.165, 1.54) is 36.3 Å². The fourth-order valence-corrected chi connectivity index (χ4v) is 4.95. The molecule has 3 aromatic rings. The number of aromatic hydroxyl groups is 1. The maximum Gasteiger partial charge on any atom is 0.295 e. The third-order valence-corrected chi connectivity index (χ3v) is 6.49. The van der Waals surface area contributed by atoms with Crippen molar-refractivity contribution in [2.45, 2.75) is 39.0 Å². The fourth-order valence-electron chi connectivity index (χ4n) is 4.31. The number of likely N-dealkylation sites (tertiary alicyclic amines) is 1. The van der Waals surface area contributed by atoms with Crippen LogP contribution in [0.2, 0.25) is 10.0 Å². The van der Waals surface area contributed by atoms with Crippen molar-refractivity contribution in [2.75, 3.05) is 7.11 Å². The number of nitrogens with zero attached hydrogens (tertiary/aromatic N) is 1. The lowest BCUT2D eigenvalue weighted by Gasteiger charge is -2.26. The fraction of sp³-hybridized carbons (Fsp3) is 0.241. The molecule has 0 aromatic heterocycles. The van der Waals surface area contributed by atoms with Crippen molar-refractivity contribution in [3.63, 3.8) is 0 Å². The van der Waals surface area contributed by atoms with E-state index in [0.29, 0.717) is 11.3 Å². The highest BCUT2D eigenvalue weighted by atomic mass is 35.5. The largest absolute Gasteiger partial charge is 0.508 e. The maximum absolute atomic E-state index is 13.3. The van der Waals surface area contributed by atoms with Gasteiger partial charge in [-0.3, -0.25) is 9.59 Å². The molecule has 2 N–H and O–H groups in total. The van der Waals surface area contributed by atoms with Gasteiger partial charge in [-0.2, -0.15) is 0 Å². The number of amides is 1. The molecular weight excluding hydrogens is 529 g/mol. The predicted octanol–water partition coefficient (Wildman–Crippen LogP) is 6.51. The van der Waals surface area contributed by atoms with E-state index >= 15 is 0 Å². The first-order chi connectivity index (χ1) is 17.9. The molecule has 1 fully saturated rings. The van der Waals surface area contributed by atoms with E-state index in [9.17, 15) is 19.8 Å². The minimum absolute atomic E-state index is 0.0221. The van der Waals surface area contributed by atoms with Gasteiger partial charge in [0, 0.05) is 12.1 Å². The van der Waals surface area contributed by atoms with Gasteiger partial charge in [0.1, 0.15) is 22.9 Å². The average molecular weight is 556 g/mol. The van der Waals surface area contributed by atoms with Gasteiger partial charge in [-0.25, -0.2) is 0 Å². The monoisotopic (exact) mass is 555 g/mol. The molecule has 0 saturated carbocycles. The summed E-state index contributed by atoms with van der Waals surface area (Å²) in [5.74, 6) is -1.13.